The van der Waals surface area contributed by atoms with Crippen molar-refractivity contribution in [1.29, 1.82) is 0 Å². The lowest BCUT2D eigenvalue weighted by molar-refractivity contribution is 0.0946. The van der Waals surface area contributed by atoms with Crippen molar-refractivity contribution in [2.75, 3.05) is 18.5 Å². The van der Waals surface area contributed by atoms with E-state index in [0.29, 0.717) is 12.2 Å². The van der Waals surface area contributed by atoms with Crippen molar-refractivity contribution < 1.29 is 4.79 Å². The van der Waals surface area contributed by atoms with Crippen LogP contribution in [0.15, 0.2) is 42.9 Å². The molecule has 0 aromatic carbocycles. The fraction of sp³-hybridized carbons (Fsp3) is 0.353. The zero-order chi connectivity index (χ0) is 15.8. The molecule has 0 aliphatic carbocycles. The van der Waals surface area contributed by atoms with Crippen LogP contribution >= 0.6 is 0 Å². The number of nitrogens with one attached hydrogen (secondary N) is 1. The molecule has 0 spiro atoms. The number of nitrogens with zero attached hydrogens (tertiary/aromatic N) is 3. The van der Waals surface area contributed by atoms with Gasteiger partial charge in [-0.15, -0.1) is 0 Å². The van der Waals surface area contributed by atoms with Crippen LogP contribution in [-0.2, 0) is 6.54 Å². The first-order valence-corrected chi connectivity index (χ1v) is 7.55. The number of aromatic nitrogens is 2. The van der Waals surface area contributed by atoms with Gasteiger partial charge in [0.25, 0.3) is 5.91 Å². The molecule has 0 fully saturated rings. The lowest BCUT2D eigenvalue weighted by Gasteiger charge is -2.19. The minimum absolute atomic E-state index is 0.164. The number of unbranched alkanes of at least 4 members (excludes halogenated alkanes) is 1. The molecule has 0 atom stereocenters. The molecule has 0 unspecified atom stereocenters. The van der Waals surface area contributed by atoms with Crippen LogP contribution in [0.4, 0.5) is 5.69 Å². The zero-order valence-corrected chi connectivity index (χ0v) is 13.1. The molecule has 2 rings (SSSR count). The lowest BCUT2D eigenvalue weighted by Crippen LogP contribution is -2.25. The number of anilines is 1. The Labute approximate surface area is 131 Å². The van der Waals surface area contributed by atoms with E-state index < -0.39 is 0 Å². The van der Waals surface area contributed by atoms with Gasteiger partial charge in [0.1, 0.15) is 5.69 Å². The summed E-state index contributed by atoms with van der Waals surface area (Å²) in [5, 5.41) is 2.88. The van der Waals surface area contributed by atoms with Crippen molar-refractivity contribution in [3.63, 3.8) is 0 Å². The van der Waals surface area contributed by atoms with Crippen molar-refractivity contribution >= 4 is 11.6 Å². The average Bonchev–Trinajstić information content (AvgIpc) is 2.58. The van der Waals surface area contributed by atoms with E-state index in [9.17, 15) is 4.79 Å². The highest BCUT2D eigenvalue weighted by Crippen LogP contribution is 2.13. The molecule has 0 aliphatic heterocycles. The van der Waals surface area contributed by atoms with Crippen molar-refractivity contribution in [1.82, 2.24) is 15.3 Å². The Kier molecular flexibility index (Phi) is 5.89. The minimum atomic E-state index is -0.164. The van der Waals surface area contributed by atoms with Crippen LogP contribution < -0.4 is 10.2 Å². The summed E-state index contributed by atoms with van der Waals surface area (Å²) in [7, 11) is 2.03. The van der Waals surface area contributed by atoms with Gasteiger partial charge in [0, 0.05) is 44.4 Å². The van der Waals surface area contributed by atoms with Gasteiger partial charge >= 0.3 is 0 Å². The highest BCUT2D eigenvalue weighted by molar-refractivity contribution is 5.93. The summed E-state index contributed by atoms with van der Waals surface area (Å²) < 4.78 is 0. The quantitative estimate of drug-likeness (QED) is 0.853. The predicted octanol–water partition coefficient (Wildman–Crippen LogP) is 2.64. The first-order chi connectivity index (χ1) is 10.7. The molecule has 0 saturated heterocycles. The smallest absolute Gasteiger partial charge is 0.270 e. The molecule has 0 aliphatic rings. The van der Waals surface area contributed by atoms with Gasteiger partial charge in [-0.25, -0.2) is 0 Å². The van der Waals surface area contributed by atoms with Crippen LogP contribution in [0.3, 0.4) is 0 Å². The third-order valence-electron chi connectivity index (χ3n) is 3.47. The summed E-state index contributed by atoms with van der Waals surface area (Å²) in [6.07, 6.45) is 7.38. The Balaban J connectivity index is 1.97. The number of carbonyl (C=O) groups is 1. The number of pyridine rings is 2. The molecule has 1 amide bonds. The van der Waals surface area contributed by atoms with E-state index in [2.05, 4.69) is 27.1 Å². The maximum Gasteiger partial charge on any atom is 0.270 e. The van der Waals surface area contributed by atoms with Gasteiger partial charge in [0.2, 0.25) is 0 Å². The third-order valence-corrected chi connectivity index (χ3v) is 3.47. The van der Waals surface area contributed by atoms with Crippen LogP contribution in [0.5, 0.6) is 0 Å². The highest BCUT2D eigenvalue weighted by Gasteiger charge is 2.09. The SMILES string of the molecule is CCCCN(C)c1ccnc(C(=O)NCc2ccncc2)c1. The number of hydrogen-bond donors (Lipinski definition) is 1. The first kappa shape index (κ1) is 15.9. The largest absolute Gasteiger partial charge is 0.374 e. The van der Waals surface area contributed by atoms with E-state index in [-0.39, 0.29) is 5.91 Å². The molecular formula is C17H22N4O. The normalized spacial score (nSPS) is 10.3. The van der Waals surface area contributed by atoms with Gasteiger partial charge in [-0.1, -0.05) is 13.3 Å². The summed E-state index contributed by atoms with van der Waals surface area (Å²) in [5.74, 6) is -0.164. The van der Waals surface area contributed by atoms with Crippen molar-refractivity contribution in [2.45, 2.75) is 26.3 Å². The topological polar surface area (TPSA) is 58.1 Å². The first-order valence-electron chi connectivity index (χ1n) is 7.55. The Bertz CT molecular complexity index is 601. The Hall–Kier alpha value is -2.43. The maximum absolute atomic E-state index is 12.2. The summed E-state index contributed by atoms with van der Waals surface area (Å²) in [5.41, 5.74) is 2.46. The molecule has 1 N–H and O–H groups in total. The Morgan fingerprint density at radius 2 is 2.00 bits per heavy atom. The van der Waals surface area contributed by atoms with Crippen molar-refractivity contribution in [3.8, 4) is 0 Å². The summed E-state index contributed by atoms with van der Waals surface area (Å²) in [6, 6.07) is 7.51. The molecule has 5 nitrogen and oxygen atoms in total. The van der Waals surface area contributed by atoms with Gasteiger partial charge in [0.15, 0.2) is 0 Å². The van der Waals surface area contributed by atoms with Gasteiger partial charge in [-0.05, 0) is 36.2 Å². The molecule has 116 valence electrons. The van der Waals surface area contributed by atoms with E-state index in [1.165, 1.54) is 0 Å². The van der Waals surface area contributed by atoms with Crippen LogP contribution in [0.25, 0.3) is 0 Å². The highest BCUT2D eigenvalue weighted by atomic mass is 16.1. The monoisotopic (exact) mass is 298 g/mol. The number of carbonyl (C=O) groups excluding carboxylic acids is 1. The Morgan fingerprint density at radius 3 is 2.73 bits per heavy atom. The maximum atomic E-state index is 12.2. The molecule has 2 aromatic heterocycles. The number of rotatable bonds is 7. The van der Waals surface area contributed by atoms with E-state index >= 15 is 0 Å². The zero-order valence-electron chi connectivity index (χ0n) is 13.1. The van der Waals surface area contributed by atoms with Gasteiger partial charge in [0.05, 0.1) is 0 Å². The molecule has 5 heteroatoms. The second-order valence-electron chi connectivity index (χ2n) is 5.21. The average molecular weight is 298 g/mol. The van der Waals surface area contributed by atoms with E-state index in [0.717, 1.165) is 30.6 Å². The molecule has 2 aromatic rings. The number of amides is 1. The van der Waals surface area contributed by atoms with E-state index in [1.54, 1.807) is 18.6 Å². The molecule has 2 heterocycles. The van der Waals surface area contributed by atoms with Gasteiger partial charge in [-0.2, -0.15) is 0 Å². The fourth-order valence-corrected chi connectivity index (χ4v) is 2.08. The van der Waals surface area contributed by atoms with Crippen LogP contribution in [0.2, 0.25) is 0 Å². The summed E-state index contributed by atoms with van der Waals surface area (Å²) in [4.78, 5) is 22.5. The van der Waals surface area contributed by atoms with Crippen molar-refractivity contribution in [3.05, 3.63) is 54.1 Å². The molecular weight excluding hydrogens is 276 g/mol. The second-order valence-corrected chi connectivity index (χ2v) is 5.21. The van der Waals surface area contributed by atoms with Gasteiger partial charge < -0.3 is 10.2 Å². The Morgan fingerprint density at radius 1 is 1.23 bits per heavy atom. The van der Waals surface area contributed by atoms with Gasteiger partial charge in [-0.3, -0.25) is 14.8 Å². The van der Waals surface area contributed by atoms with E-state index in [4.69, 9.17) is 0 Å². The van der Waals surface area contributed by atoms with E-state index in [1.807, 2.05) is 31.3 Å². The second kappa shape index (κ2) is 8.12. The molecule has 22 heavy (non-hydrogen) atoms. The van der Waals surface area contributed by atoms with Crippen molar-refractivity contribution in [2.24, 2.45) is 0 Å². The molecule has 0 bridgehead atoms. The molecule has 0 radical (unpaired) electrons. The van der Waals surface area contributed by atoms with Crippen LogP contribution in [-0.4, -0.2) is 29.5 Å². The summed E-state index contributed by atoms with van der Waals surface area (Å²) >= 11 is 0. The third kappa shape index (κ3) is 4.55. The lowest BCUT2D eigenvalue weighted by atomic mass is 10.2. The minimum Gasteiger partial charge on any atom is -0.374 e. The number of hydrogen-bond acceptors (Lipinski definition) is 4. The predicted molar refractivity (Wildman–Crippen MR) is 87.8 cm³/mol. The van der Waals surface area contributed by atoms with Crippen LogP contribution in [0, 0.1) is 0 Å². The summed E-state index contributed by atoms with van der Waals surface area (Å²) in [6.45, 7) is 3.61. The van der Waals surface area contributed by atoms with Crippen LogP contribution in [0.1, 0.15) is 35.8 Å². The molecule has 0 saturated carbocycles. The standard InChI is InChI=1S/C17H22N4O/c1-3-4-11-21(2)15-7-10-19-16(12-15)17(22)20-13-14-5-8-18-9-6-14/h5-10,12H,3-4,11,13H2,1-2H3,(H,20,22). The fourth-order valence-electron chi connectivity index (χ4n) is 2.08.